The number of nitrogens with zero attached hydrogens (tertiary/aromatic N) is 4. The van der Waals surface area contributed by atoms with Crippen LogP contribution in [0.5, 0.6) is 0 Å². The molecule has 0 bridgehead atoms. The summed E-state index contributed by atoms with van der Waals surface area (Å²) in [6.07, 6.45) is 8.51. The van der Waals surface area contributed by atoms with Gasteiger partial charge in [0.2, 0.25) is 0 Å². The molecule has 6 heteroatoms. The van der Waals surface area contributed by atoms with E-state index in [0.717, 1.165) is 44.6 Å². The molecule has 3 aliphatic heterocycles. The summed E-state index contributed by atoms with van der Waals surface area (Å²) < 4.78 is 30.3. The summed E-state index contributed by atoms with van der Waals surface area (Å²) in [6.45, 7) is 3.22. The van der Waals surface area contributed by atoms with Gasteiger partial charge in [0.05, 0.1) is 18.3 Å². The van der Waals surface area contributed by atoms with Gasteiger partial charge in [-0.15, -0.1) is 0 Å². The number of anilines is 1. The van der Waals surface area contributed by atoms with Gasteiger partial charge in [-0.25, -0.2) is 13.5 Å². The Bertz CT molecular complexity index is 820. The van der Waals surface area contributed by atoms with E-state index in [1.165, 1.54) is 37.6 Å². The highest BCUT2D eigenvalue weighted by atomic mass is 19.1. The molecule has 3 aliphatic rings. The molecule has 27 heavy (non-hydrogen) atoms. The third-order valence-electron chi connectivity index (χ3n) is 6.65. The molecular weight excluding hydrogens is 346 g/mol. The standard InChI is InChI=1S/C21H26F2N4/c22-15-5-6-19(23)18(13-15)20-4-2-11-26(20)21-7-9-24-27(21)17-8-12-25-10-1-3-16(25)14-17/h5-7,9,13,16-17,20H,1-4,8,10-12,14H2/t16?,17?,20-/m1/s1. The maximum absolute atomic E-state index is 14.4. The fraction of sp³-hybridized carbons (Fsp3) is 0.571. The molecule has 0 aliphatic carbocycles. The van der Waals surface area contributed by atoms with E-state index in [1.807, 2.05) is 12.3 Å². The SMILES string of the molecule is Fc1ccc(F)c([C@H]2CCCN2c2ccnn2C2CCN3CCCC3C2)c1. The number of fused-ring (bicyclic) bond motifs is 1. The van der Waals surface area contributed by atoms with E-state index in [1.54, 1.807) is 0 Å². The normalized spacial score (nSPS) is 28.7. The van der Waals surface area contributed by atoms with Crippen molar-refractivity contribution in [2.24, 2.45) is 0 Å². The Labute approximate surface area is 158 Å². The minimum absolute atomic E-state index is 0.122. The van der Waals surface area contributed by atoms with Crippen LogP contribution in [0.15, 0.2) is 30.5 Å². The fourth-order valence-corrected chi connectivity index (χ4v) is 5.38. The average molecular weight is 372 g/mol. The Morgan fingerprint density at radius 2 is 1.81 bits per heavy atom. The Kier molecular flexibility index (Phi) is 4.38. The van der Waals surface area contributed by atoms with Gasteiger partial charge in [-0.05, 0) is 63.3 Å². The molecule has 2 unspecified atom stereocenters. The summed E-state index contributed by atoms with van der Waals surface area (Å²) in [5, 5.41) is 4.66. The van der Waals surface area contributed by atoms with E-state index in [-0.39, 0.29) is 17.7 Å². The molecule has 2 aromatic rings. The Morgan fingerprint density at radius 1 is 0.926 bits per heavy atom. The minimum atomic E-state index is -0.375. The molecule has 0 amide bonds. The van der Waals surface area contributed by atoms with Crippen molar-refractivity contribution in [3.63, 3.8) is 0 Å². The molecule has 0 spiro atoms. The maximum atomic E-state index is 14.4. The molecule has 0 saturated carbocycles. The lowest BCUT2D eigenvalue weighted by Gasteiger charge is -2.37. The molecule has 3 saturated heterocycles. The predicted molar refractivity (Wildman–Crippen MR) is 101 cm³/mol. The minimum Gasteiger partial charge on any atom is -0.350 e. The molecule has 1 aromatic heterocycles. The first-order valence-electron chi connectivity index (χ1n) is 10.2. The van der Waals surface area contributed by atoms with Gasteiger partial charge in [0.1, 0.15) is 17.5 Å². The van der Waals surface area contributed by atoms with Crippen molar-refractivity contribution in [2.75, 3.05) is 24.5 Å². The van der Waals surface area contributed by atoms with Crippen LogP contribution in [0.3, 0.4) is 0 Å². The highest BCUT2D eigenvalue weighted by Crippen LogP contribution is 2.40. The highest BCUT2D eigenvalue weighted by molar-refractivity contribution is 5.45. The van der Waals surface area contributed by atoms with Crippen molar-refractivity contribution in [3.8, 4) is 0 Å². The quantitative estimate of drug-likeness (QED) is 0.803. The van der Waals surface area contributed by atoms with Gasteiger partial charge in [0.15, 0.2) is 0 Å². The van der Waals surface area contributed by atoms with Crippen molar-refractivity contribution in [2.45, 2.75) is 56.7 Å². The lowest BCUT2D eigenvalue weighted by Crippen LogP contribution is -2.39. The first-order valence-corrected chi connectivity index (χ1v) is 10.2. The van der Waals surface area contributed by atoms with Gasteiger partial charge in [-0.3, -0.25) is 0 Å². The number of hydrogen-bond acceptors (Lipinski definition) is 3. The number of benzene rings is 1. The lowest BCUT2D eigenvalue weighted by molar-refractivity contribution is 0.150. The van der Waals surface area contributed by atoms with Crippen LogP contribution in [0.2, 0.25) is 0 Å². The summed E-state index contributed by atoms with van der Waals surface area (Å²) in [5.41, 5.74) is 0.464. The topological polar surface area (TPSA) is 24.3 Å². The van der Waals surface area contributed by atoms with Crippen molar-refractivity contribution < 1.29 is 8.78 Å². The molecule has 0 N–H and O–H groups in total. The van der Waals surface area contributed by atoms with E-state index in [2.05, 4.69) is 19.6 Å². The van der Waals surface area contributed by atoms with Crippen LogP contribution in [0, 0.1) is 11.6 Å². The summed E-state index contributed by atoms with van der Waals surface area (Å²) in [4.78, 5) is 4.84. The van der Waals surface area contributed by atoms with Crippen LogP contribution in [0.25, 0.3) is 0 Å². The van der Waals surface area contributed by atoms with Crippen LogP contribution >= 0.6 is 0 Å². The molecule has 3 fully saturated rings. The molecule has 4 nitrogen and oxygen atoms in total. The van der Waals surface area contributed by atoms with Crippen LogP contribution in [-0.4, -0.2) is 40.4 Å². The smallest absolute Gasteiger partial charge is 0.128 e. The number of halogens is 2. The monoisotopic (exact) mass is 372 g/mol. The lowest BCUT2D eigenvalue weighted by atomic mass is 9.97. The second-order valence-corrected chi connectivity index (χ2v) is 8.16. The zero-order valence-corrected chi connectivity index (χ0v) is 15.5. The molecular formula is C21H26F2N4. The van der Waals surface area contributed by atoms with Crippen molar-refractivity contribution in [1.82, 2.24) is 14.7 Å². The Hall–Kier alpha value is -1.95. The third kappa shape index (κ3) is 3.04. The highest BCUT2D eigenvalue weighted by Gasteiger charge is 2.36. The molecule has 0 radical (unpaired) electrons. The van der Waals surface area contributed by atoms with E-state index < -0.39 is 0 Å². The number of rotatable bonds is 3. The Morgan fingerprint density at radius 3 is 2.74 bits per heavy atom. The molecule has 144 valence electrons. The maximum Gasteiger partial charge on any atom is 0.128 e. The second-order valence-electron chi connectivity index (χ2n) is 8.16. The average Bonchev–Trinajstić information content (AvgIpc) is 3.42. The van der Waals surface area contributed by atoms with Crippen molar-refractivity contribution >= 4 is 5.82 Å². The van der Waals surface area contributed by atoms with Crippen molar-refractivity contribution in [3.05, 3.63) is 47.7 Å². The fourth-order valence-electron chi connectivity index (χ4n) is 5.38. The van der Waals surface area contributed by atoms with Gasteiger partial charge >= 0.3 is 0 Å². The summed E-state index contributed by atoms with van der Waals surface area (Å²) in [5.74, 6) is 0.358. The predicted octanol–water partition coefficient (Wildman–Crippen LogP) is 4.30. The van der Waals surface area contributed by atoms with E-state index >= 15 is 0 Å². The zero-order chi connectivity index (χ0) is 18.4. The van der Waals surface area contributed by atoms with E-state index in [9.17, 15) is 8.78 Å². The Balaban J connectivity index is 1.43. The van der Waals surface area contributed by atoms with Crippen LogP contribution in [0.1, 0.15) is 56.2 Å². The van der Waals surface area contributed by atoms with Gasteiger partial charge in [-0.1, -0.05) is 0 Å². The van der Waals surface area contributed by atoms with Gasteiger partial charge in [-0.2, -0.15) is 5.10 Å². The van der Waals surface area contributed by atoms with Crippen LogP contribution < -0.4 is 4.90 Å². The molecule has 1 aromatic carbocycles. The number of hydrogen-bond donors (Lipinski definition) is 0. The zero-order valence-electron chi connectivity index (χ0n) is 15.5. The number of aromatic nitrogens is 2. The molecule has 5 rings (SSSR count). The summed E-state index contributed by atoms with van der Waals surface area (Å²) in [6, 6.07) is 6.78. The van der Waals surface area contributed by atoms with Crippen molar-refractivity contribution in [1.29, 1.82) is 0 Å². The number of piperidine rings is 1. The summed E-state index contributed by atoms with van der Waals surface area (Å²) in [7, 11) is 0. The summed E-state index contributed by atoms with van der Waals surface area (Å²) >= 11 is 0. The van der Waals surface area contributed by atoms with Crippen LogP contribution in [0.4, 0.5) is 14.6 Å². The first-order chi connectivity index (χ1) is 13.2. The van der Waals surface area contributed by atoms with Gasteiger partial charge in [0, 0.05) is 30.8 Å². The first kappa shape index (κ1) is 17.2. The van der Waals surface area contributed by atoms with Crippen LogP contribution in [-0.2, 0) is 0 Å². The largest absolute Gasteiger partial charge is 0.350 e. The second kappa shape index (κ2) is 6.89. The van der Waals surface area contributed by atoms with E-state index in [0.29, 0.717) is 17.6 Å². The van der Waals surface area contributed by atoms with Gasteiger partial charge < -0.3 is 9.80 Å². The van der Waals surface area contributed by atoms with Gasteiger partial charge in [0.25, 0.3) is 0 Å². The van der Waals surface area contributed by atoms with E-state index in [4.69, 9.17) is 0 Å². The third-order valence-corrected chi connectivity index (χ3v) is 6.65. The molecule has 4 heterocycles. The molecule has 3 atom stereocenters.